The molecule has 2 N–H and O–H groups in total. The summed E-state index contributed by atoms with van der Waals surface area (Å²) in [7, 11) is 0. The summed E-state index contributed by atoms with van der Waals surface area (Å²) in [5.41, 5.74) is 6.83. The quantitative estimate of drug-likeness (QED) is 0.778. The third-order valence-corrected chi connectivity index (χ3v) is 2.56. The Morgan fingerprint density at radius 2 is 2.50 bits per heavy atom. The van der Waals surface area contributed by atoms with E-state index >= 15 is 0 Å². The van der Waals surface area contributed by atoms with Crippen molar-refractivity contribution in [2.75, 3.05) is 6.54 Å². The second kappa shape index (κ2) is 4.38. The van der Waals surface area contributed by atoms with Gasteiger partial charge >= 0.3 is 0 Å². The van der Waals surface area contributed by atoms with E-state index in [0.29, 0.717) is 6.54 Å². The van der Waals surface area contributed by atoms with Crippen molar-refractivity contribution in [3.63, 3.8) is 0 Å². The van der Waals surface area contributed by atoms with Crippen LogP contribution in [0.5, 0.6) is 0 Å². The van der Waals surface area contributed by atoms with Gasteiger partial charge < -0.3 is 5.73 Å². The van der Waals surface area contributed by atoms with Crippen molar-refractivity contribution in [2.45, 2.75) is 20.3 Å². The van der Waals surface area contributed by atoms with Crippen LogP contribution in [-0.4, -0.2) is 11.5 Å². The Morgan fingerprint density at radius 1 is 1.75 bits per heavy atom. The lowest BCUT2D eigenvalue weighted by Gasteiger charge is -1.96. The normalized spacial score (nSPS) is 12.1. The van der Waals surface area contributed by atoms with Gasteiger partial charge in [-0.2, -0.15) is 0 Å². The van der Waals surface area contributed by atoms with Crippen molar-refractivity contribution in [3.8, 4) is 0 Å². The summed E-state index contributed by atoms with van der Waals surface area (Å²) >= 11 is 1.70. The molecule has 1 aromatic heterocycles. The molecule has 0 atom stereocenters. The second-order valence-corrected chi connectivity index (χ2v) is 3.91. The first kappa shape index (κ1) is 9.42. The van der Waals surface area contributed by atoms with Gasteiger partial charge in [-0.3, -0.25) is 0 Å². The third kappa shape index (κ3) is 2.43. The van der Waals surface area contributed by atoms with Gasteiger partial charge in [0.25, 0.3) is 0 Å². The van der Waals surface area contributed by atoms with Crippen molar-refractivity contribution < 1.29 is 0 Å². The van der Waals surface area contributed by atoms with Crippen LogP contribution >= 0.6 is 11.3 Å². The number of hydrogen-bond acceptors (Lipinski definition) is 3. The summed E-state index contributed by atoms with van der Waals surface area (Å²) in [6, 6.07) is 0. The van der Waals surface area contributed by atoms with E-state index < -0.39 is 0 Å². The van der Waals surface area contributed by atoms with Crippen LogP contribution in [0, 0.1) is 6.92 Å². The van der Waals surface area contributed by atoms with E-state index in [9.17, 15) is 0 Å². The summed E-state index contributed by atoms with van der Waals surface area (Å²) in [5, 5.41) is 1.11. The van der Waals surface area contributed by atoms with Crippen LogP contribution in [0.2, 0.25) is 0 Å². The molecule has 0 aliphatic carbocycles. The molecule has 1 rings (SSSR count). The number of thiazole rings is 1. The molecule has 2 nitrogen and oxygen atoms in total. The van der Waals surface area contributed by atoms with Crippen LogP contribution in [-0.2, 0) is 0 Å². The summed E-state index contributed by atoms with van der Waals surface area (Å²) in [4.78, 5) is 5.37. The van der Waals surface area contributed by atoms with Crippen molar-refractivity contribution in [1.29, 1.82) is 0 Å². The smallest absolute Gasteiger partial charge is 0.0900 e. The number of rotatable bonds is 3. The molecule has 1 heterocycles. The zero-order valence-corrected chi connectivity index (χ0v) is 8.32. The predicted octanol–water partition coefficient (Wildman–Crippen LogP) is 2.20. The lowest BCUT2D eigenvalue weighted by molar-refractivity contribution is 1.02. The van der Waals surface area contributed by atoms with Gasteiger partial charge in [0.05, 0.1) is 5.01 Å². The molecule has 66 valence electrons. The zero-order valence-electron chi connectivity index (χ0n) is 7.50. The highest BCUT2D eigenvalue weighted by molar-refractivity contribution is 7.12. The molecule has 3 heteroatoms. The summed E-state index contributed by atoms with van der Waals surface area (Å²) in [6.07, 6.45) is 5.05. The van der Waals surface area contributed by atoms with Crippen LogP contribution < -0.4 is 5.73 Å². The maximum absolute atomic E-state index is 5.55. The zero-order chi connectivity index (χ0) is 8.97. The Morgan fingerprint density at radius 3 is 2.92 bits per heavy atom. The summed E-state index contributed by atoms with van der Waals surface area (Å²) in [6.45, 7) is 4.77. The monoisotopic (exact) mass is 182 g/mol. The predicted molar refractivity (Wildman–Crippen MR) is 54.2 cm³/mol. The number of aromatic nitrogens is 1. The lowest BCUT2D eigenvalue weighted by Crippen LogP contribution is -2.01. The van der Waals surface area contributed by atoms with E-state index in [1.54, 1.807) is 11.3 Å². The lowest BCUT2D eigenvalue weighted by atomic mass is 10.2. The Hall–Kier alpha value is -0.670. The molecule has 0 fully saturated rings. The van der Waals surface area contributed by atoms with E-state index in [2.05, 4.69) is 18.0 Å². The molecule has 0 aliphatic rings. The Kier molecular flexibility index (Phi) is 3.44. The average Bonchev–Trinajstić information content (AvgIpc) is 2.47. The highest BCUT2D eigenvalue weighted by Gasteiger charge is 1.95. The fourth-order valence-electron chi connectivity index (χ4n) is 0.951. The fraction of sp³-hybridized carbons (Fsp3) is 0.444. The number of nitrogens with zero attached hydrogens (tertiary/aromatic N) is 1. The maximum Gasteiger partial charge on any atom is 0.0900 e. The van der Waals surface area contributed by atoms with Crippen LogP contribution in [0.15, 0.2) is 11.8 Å². The molecule has 1 aromatic rings. The number of aryl methyl sites for hydroxylation is 1. The topological polar surface area (TPSA) is 38.9 Å². The van der Waals surface area contributed by atoms with Crippen molar-refractivity contribution in [3.05, 3.63) is 21.7 Å². The first-order chi connectivity index (χ1) is 5.76. The van der Waals surface area contributed by atoms with Gasteiger partial charge in [-0.25, -0.2) is 4.98 Å². The number of hydrogen-bond donors (Lipinski definition) is 1. The molecule has 12 heavy (non-hydrogen) atoms. The van der Waals surface area contributed by atoms with Crippen LogP contribution in [0.4, 0.5) is 0 Å². The van der Waals surface area contributed by atoms with E-state index in [1.807, 2.05) is 13.1 Å². The van der Waals surface area contributed by atoms with Gasteiger partial charge in [0.2, 0.25) is 0 Å². The maximum atomic E-state index is 5.55. The molecular weight excluding hydrogens is 168 g/mol. The van der Waals surface area contributed by atoms with Crippen molar-refractivity contribution in [2.24, 2.45) is 5.73 Å². The number of nitrogens with two attached hydrogens (primary N) is 1. The van der Waals surface area contributed by atoms with Crippen LogP contribution in [0.1, 0.15) is 23.2 Å². The molecule has 0 amide bonds. The van der Waals surface area contributed by atoms with E-state index in [1.165, 1.54) is 10.5 Å². The minimum absolute atomic E-state index is 0.646. The van der Waals surface area contributed by atoms with E-state index in [0.717, 1.165) is 11.4 Å². The summed E-state index contributed by atoms with van der Waals surface area (Å²) < 4.78 is 0. The molecule has 0 saturated heterocycles. The van der Waals surface area contributed by atoms with Gasteiger partial charge in [-0.05, 0) is 19.4 Å². The molecule has 0 aromatic carbocycles. The van der Waals surface area contributed by atoms with Gasteiger partial charge in [-0.15, -0.1) is 11.3 Å². The molecule has 0 radical (unpaired) electrons. The standard InChI is InChI=1S/C9H14N2S/c1-3-8(5-10)4-9-6-11-7(2)12-9/h4,6H,3,5,10H2,1-2H3. The largest absolute Gasteiger partial charge is 0.327 e. The van der Waals surface area contributed by atoms with Crippen LogP contribution in [0.3, 0.4) is 0 Å². The minimum Gasteiger partial charge on any atom is -0.327 e. The second-order valence-electron chi connectivity index (χ2n) is 2.64. The Bertz CT molecular complexity index is 270. The van der Waals surface area contributed by atoms with Gasteiger partial charge in [0.1, 0.15) is 0 Å². The SMILES string of the molecule is CCC(=Cc1cnc(C)s1)CN. The molecule has 0 bridgehead atoms. The molecule has 0 unspecified atom stereocenters. The average molecular weight is 182 g/mol. The fourth-order valence-corrected chi connectivity index (χ4v) is 1.73. The highest BCUT2D eigenvalue weighted by atomic mass is 32.1. The molecule has 0 saturated carbocycles. The minimum atomic E-state index is 0.646. The van der Waals surface area contributed by atoms with E-state index in [-0.39, 0.29) is 0 Å². The van der Waals surface area contributed by atoms with Crippen molar-refractivity contribution >= 4 is 17.4 Å². The summed E-state index contributed by atoms with van der Waals surface area (Å²) in [5.74, 6) is 0. The van der Waals surface area contributed by atoms with Crippen LogP contribution in [0.25, 0.3) is 6.08 Å². The first-order valence-electron chi connectivity index (χ1n) is 4.08. The molecule has 0 aliphatic heterocycles. The Balaban J connectivity index is 2.78. The van der Waals surface area contributed by atoms with Gasteiger partial charge in [0.15, 0.2) is 0 Å². The first-order valence-corrected chi connectivity index (χ1v) is 4.90. The Labute approximate surface area is 77.1 Å². The van der Waals surface area contributed by atoms with Gasteiger partial charge in [-0.1, -0.05) is 12.5 Å². The van der Waals surface area contributed by atoms with Gasteiger partial charge in [0, 0.05) is 17.6 Å². The van der Waals surface area contributed by atoms with E-state index in [4.69, 9.17) is 5.73 Å². The van der Waals surface area contributed by atoms with Crippen molar-refractivity contribution in [1.82, 2.24) is 4.98 Å². The highest BCUT2D eigenvalue weighted by Crippen LogP contribution is 2.15. The third-order valence-electron chi connectivity index (χ3n) is 1.70. The molecule has 0 spiro atoms. The molecular formula is C9H14N2S.